The molecule has 5 rings (SSSR count). The minimum absolute atomic E-state index is 0.0202. The lowest BCUT2D eigenvalue weighted by Crippen LogP contribution is -2.45. The summed E-state index contributed by atoms with van der Waals surface area (Å²) in [5, 5.41) is 9.71. The van der Waals surface area contributed by atoms with Crippen molar-refractivity contribution in [2.45, 2.75) is 50.9 Å². The van der Waals surface area contributed by atoms with Gasteiger partial charge >= 0.3 is 0 Å². The van der Waals surface area contributed by atoms with Gasteiger partial charge in [0.05, 0.1) is 0 Å². The van der Waals surface area contributed by atoms with Gasteiger partial charge in [0.1, 0.15) is 5.75 Å². The molecule has 1 aromatic rings. The molecule has 2 nitrogen and oxygen atoms in total. The van der Waals surface area contributed by atoms with E-state index in [0.717, 1.165) is 37.7 Å². The maximum Gasteiger partial charge on any atom is 0.159 e. The lowest BCUT2D eigenvalue weighted by Gasteiger charge is -2.52. The predicted molar refractivity (Wildman–Crippen MR) is 82.4 cm³/mol. The molecule has 4 aliphatic carbocycles. The standard InChI is InChI=1S/C19H20O2/c1-2-3-4-15-17(21)7-8-19-11-13(18(15)19)9-12-10-14(20)5-6-16(12)19/h5-6,10-11,20H,2-4,7-9H2,1H3. The first kappa shape index (κ1) is 12.9. The molecule has 0 amide bonds. The molecule has 1 spiro atoms. The van der Waals surface area contributed by atoms with Crippen LogP contribution in [-0.2, 0) is 16.6 Å². The van der Waals surface area contributed by atoms with Crippen LogP contribution in [0.1, 0.15) is 50.2 Å². The summed E-state index contributed by atoms with van der Waals surface area (Å²) in [6.45, 7) is 2.17. The van der Waals surface area contributed by atoms with Crippen LogP contribution in [0.3, 0.4) is 0 Å². The molecule has 0 heterocycles. The molecule has 21 heavy (non-hydrogen) atoms. The van der Waals surface area contributed by atoms with Gasteiger partial charge in [0.15, 0.2) is 5.78 Å². The smallest absolute Gasteiger partial charge is 0.159 e. The van der Waals surface area contributed by atoms with E-state index in [4.69, 9.17) is 0 Å². The van der Waals surface area contributed by atoms with Crippen molar-refractivity contribution >= 4 is 5.78 Å². The maximum absolute atomic E-state index is 12.4. The summed E-state index contributed by atoms with van der Waals surface area (Å²) in [5.74, 6) is 0.706. The molecule has 0 saturated heterocycles. The van der Waals surface area contributed by atoms with Crippen molar-refractivity contribution in [2.75, 3.05) is 0 Å². The third kappa shape index (κ3) is 1.62. The summed E-state index contributed by atoms with van der Waals surface area (Å²) >= 11 is 0. The van der Waals surface area contributed by atoms with E-state index in [2.05, 4.69) is 19.1 Å². The summed E-state index contributed by atoms with van der Waals surface area (Å²) < 4.78 is 0. The lowest BCUT2D eigenvalue weighted by molar-refractivity contribution is -0.116. The number of ketones is 1. The normalized spacial score (nSPS) is 26.0. The molecular weight excluding hydrogens is 260 g/mol. The number of hydrogen-bond acceptors (Lipinski definition) is 2. The van der Waals surface area contributed by atoms with Gasteiger partial charge in [-0.2, -0.15) is 0 Å². The van der Waals surface area contributed by atoms with Gasteiger partial charge in [-0.25, -0.2) is 0 Å². The summed E-state index contributed by atoms with van der Waals surface area (Å²) in [6.07, 6.45) is 7.95. The lowest BCUT2D eigenvalue weighted by atomic mass is 9.51. The Morgan fingerprint density at radius 2 is 2.19 bits per heavy atom. The molecule has 1 unspecified atom stereocenters. The van der Waals surface area contributed by atoms with E-state index in [0.29, 0.717) is 18.0 Å². The number of benzene rings is 1. The molecule has 0 aromatic heterocycles. The van der Waals surface area contributed by atoms with Crippen LogP contribution in [-0.4, -0.2) is 10.9 Å². The third-order valence-electron chi connectivity index (χ3n) is 5.30. The highest BCUT2D eigenvalue weighted by Crippen LogP contribution is 2.59. The van der Waals surface area contributed by atoms with Crippen LogP contribution in [0, 0.1) is 0 Å². The Kier molecular flexibility index (Phi) is 2.66. The van der Waals surface area contributed by atoms with E-state index in [-0.39, 0.29) is 5.41 Å². The van der Waals surface area contributed by atoms with Crippen LogP contribution in [0.25, 0.3) is 0 Å². The Hall–Kier alpha value is -1.83. The van der Waals surface area contributed by atoms with Crippen LogP contribution in [0.5, 0.6) is 5.75 Å². The Morgan fingerprint density at radius 1 is 1.33 bits per heavy atom. The van der Waals surface area contributed by atoms with E-state index in [1.807, 2.05) is 6.07 Å². The highest BCUT2D eigenvalue weighted by atomic mass is 16.3. The number of unbranched alkanes of at least 4 members (excludes halogenated alkanes) is 1. The Bertz CT molecular complexity index is 708. The Morgan fingerprint density at radius 3 is 3.00 bits per heavy atom. The zero-order valence-electron chi connectivity index (χ0n) is 12.4. The monoisotopic (exact) mass is 280 g/mol. The van der Waals surface area contributed by atoms with Crippen molar-refractivity contribution < 1.29 is 9.90 Å². The van der Waals surface area contributed by atoms with E-state index < -0.39 is 0 Å². The summed E-state index contributed by atoms with van der Waals surface area (Å²) in [6, 6.07) is 5.73. The Labute approximate surface area is 125 Å². The number of carbonyl (C=O) groups excluding carboxylic acids is 1. The molecule has 1 aromatic carbocycles. The van der Waals surface area contributed by atoms with Gasteiger partial charge in [0.25, 0.3) is 0 Å². The molecule has 0 radical (unpaired) electrons. The second kappa shape index (κ2) is 4.33. The molecular formula is C19H20O2. The van der Waals surface area contributed by atoms with Gasteiger partial charge in [-0.15, -0.1) is 0 Å². The van der Waals surface area contributed by atoms with Crippen LogP contribution in [0.4, 0.5) is 0 Å². The minimum atomic E-state index is -0.0202. The van der Waals surface area contributed by atoms with Gasteiger partial charge in [-0.1, -0.05) is 25.5 Å². The average Bonchev–Trinajstić information content (AvgIpc) is 2.46. The molecule has 1 N–H and O–H groups in total. The number of phenolic OH excluding ortho intramolecular Hbond substituents is 1. The number of Topliss-reactive ketones (excluding diaryl/α,β-unsaturated/α-hetero) is 1. The first-order valence-corrected chi connectivity index (χ1v) is 7.97. The molecule has 0 fully saturated rings. The molecule has 0 aliphatic heterocycles. The Balaban J connectivity index is 1.86. The van der Waals surface area contributed by atoms with Crippen LogP contribution >= 0.6 is 0 Å². The van der Waals surface area contributed by atoms with E-state index in [1.165, 1.54) is 22.3 Å². The zero-order valence-corrected chi connectivity index (χ0v) is 12.4. The first-order chi connectivity index (χ1) is 10.2. The van der Waals surface area contributed by atoms with Crippen molar-refractivity contribution in [3.8, 4) is 5.75 Å². The van der Waals surface area contributed by atoms with Gasteiger partial charge in [0.2, 0.25) is 0 Å². The molecule has 4 aliphatic rings. The number of allylic oxidation sites excluding steroid dienone is 4. The number of rotatable bonds is 3. The number of aromatic hydroxyl groups is 1. The van der Waals surface area contributed by atoms with Crippen molar-refractivity contribution in [1.29, 1.82) is 0 Å². The second-order valence-corrected chi connectivity index (χ2v) is 6.54. The molecule has 108 valence electrons. The number of hydrogen-bond donors (Lipinski definition) is 1. The highest BCUT2D eigenvalue weighted by Gasteiger charge is 2.51. The van der Waals surface area contributed by atoms with Crippen molar-refractivity contribution in [1.82, 2.24) is 0 Å². The van der Waals surface area contributed by atoms with Gasteiger partial charge in [-0.05, 0) is 65.7 Å². The van der Waals surface area contributed by atoms with Gasteiger partial charge in [0, 0.05) is 11.8 Å². The van der Waals surface area contributed by atoms with Crippen LogP contribution in [0.15, 0.2) is 41.0 Å². The molecule has 1 atom stereocenters. The number of phenols is 1. The van der Waals surface area contributed by atoms with Gasteiger partial charge in [-0.3, -0.25) is 4.79 Å². The van der Waals surface area contributed by atoms with Crippen molar-refractivity contribution in [3.05, 3.63) is 52.1 Å². The quantitative estimate of drug-likeness (QED) is 0.909. The van der Waals surface area contributed by atoms with Crippen LogP contribution < -0.4 is 0 Å². The minimum Gasteiger partial charge on any atom is -0.508 e. The zero-order chi connectivity index (χ0) is 14.6. The second-order valence-electron chi connectivity index (χ2n) is 6.54. The fourth-order valence-corrected chi connectivity index (χ4v) is 4.38. The van der Waals surface area contributed by atoms with Crippen molar-refractivity contribution in [3.63, 3.8) is 0 Å². The van der Waals surface area contributed by atoms with Gasteiger partial charge < -0.3 is 5.11 Å². The largest absolute Gasteiger partial charge is 0.508 e. The predicted octanol–water partition coefficient (Wildman–Crippen LogP) is 3.98. The van der Waals surface area contributed by atoms with Crippen molar-refractivity contribution in [2.24, 2.45) is 0 Å². The fraction of sp³-hybridized carbons (Fsp3) is 0.421. The summed E-state index contributed by atoms with van der Waals surface area (Å²) in [4.78, 5) is 12.4. The molecule has 2 heteroatoms. The van der Waals surface area contributed by atoms with E-state index >= 15 is 0 Å². The summed E-state index contributed by atoms with van der Waals surface area (Å²) in [7, 11) is 0. The van der Waals surface area contributed by atoms with Crippen LogP contribution in [0.2, 0.25) is 0 Å². The third-order valence-corrected chi connectivity index (χ3v) is 5.30. The SMILES string of the molecule is CCCCC1=C2C3=CC2(CCC1=O)c1ccc(O)cc1C3. The highest BCUT2D eigenvalue weighted by molar-refractivity contribution is 6.00. The van der Waals surface area contributed by atoms with E-state index in [1.54, 1.807) is 6.07 Å². The topological polar surface area (TPSA) is 37.3 Å². The average molecular weight is 280 g/mol. The maximum atomic E-state index is 12.4. The molecule has 2 bridgehead atoms. The molecule has 0 saturated carbocycles. The first-order valence-electron chi connectivity index (χ1n) is 7.97. The summed E-state index contributed by atoms with van der Waals surface area (Å²) in [5.41, 5.74) is 6.29. The van der Waals surface area contributed by atoms with E-state index in [9.17, 15) is 9.90 Å². The fourth-order valence-electron chi connectivity index (χ4n) is 4.38. The number of carbonyl (C=O) groups is 1.